The van der Waals surface area contributed by atoms with Gasteiger partial charge in [0, 0.05) is 31.2 Å². The highest BCUT2D eigenvalue weighted by molar-refractivity contribution is 5.92. The van der Waals surface area contributed by atoms with Crippen molar-refractivity contribution in [2.45, 2.75) is 25.8 Å². The predicted molar refractivity (Wildman–Crippen MR) is 90.2 cm³/mol. The van der Waals surface area contributed by atoms with Crippen molar-refractivity contribution in [1.29, 1.82) is 0 Å². The van der Waals surface area contributed by atoms with Gasteiger partial charge < -0.3 is 10.6 Å². The second kappa shape index (κ2) is 6.54. The lowest BCUT2D eigenvalue weighted by atomic mass is 9.89. The van der Waals surface area contributed by atoms with Crippen LogP contribution in [0.25, 0.3) is 0 Å². The first-order chi connectivity index (χ1) is 11.1. The van der Waals surface area contributed by atoms with Crippen molar-refractivity contribution in [2.24, 2.45) is 11.7 Å². The third kappa shape index (κ3) is 3.15. The number of nitrogens with zero attached hydrogens (tertiary/aromatic N) is 3. The summed E-state index contributed by atoms with van der Waals surface area (Å²) in [5.41, 5.74) is 7.72. The zero-order valence-corrected chi connectivity index (χ0v) is 13.7. The minimum Gasteiger partial charge on any atom is -0.336 e. The number of amides is 1. The number of likely N-dealkylation sites (tertiary alicyclic amines) is 1. The van der Waals surface area contributed by atoms with Gasteiger partial charge in [-0.3, -0.25) is 9.48 Å². The molecule has 0 aliphatic carbocycles. The Bertz CT molecular complexity index is 665. The molecular formula is C18H24N4O. The van der Waals surface area contributed by atoms with E-state index in [0.29, 0.717) is 37.2 Å². The van der Waals surface area contributed by atoms with Gasteiger partial charge in [-0.05, 0) is 37.9 Å². The first-order valence-electron chi connectivity index (χ1n) is 8.19. The Kier molecular flexibility index (Phi) is 4.48. The summed E-state index contributed by atoms with van der Waals surface area (Å²) < 4.78 is 1.82. The molecule has 1 amide bonds. The summed E-state index contributed by atoms with van der Waals surface area (Å²) in [5.74, 6) is 0.604. The summed E-state index contributed by atoms with van der Waals surface area (Å²) in [6.45, 7) is 6.09. The van der Waals surface area contributed by atoms with Gasteiger partial charge in [0.15, 0.2) is 0 Å². The van der Waals surface area contributed by atoms with E-state index < -0.39 is 0 Å². The lowest BCUT2D eigenvalue weighted by Gasteiger charge is -2.16. The largest absolute Gasteiger partial charge is 0.336 e. The summed E-state index contributed by atoms with van der Waals surface area (Å²) in [7, 11) is 0. The van der Waals surface area contributed by atoms with Crippen LogP contribution in [0.15, 0.2) is 42.6 Å². The van der Waals surface area contributed by atoms with Crippen molar-refractivity contribution in [1.82, 2.24) is 14.7 Å². The fourth-order valence-corrected chi connectivity index (χ4v) is 3.26. The van der Waals surface area contributed by atoms with Crippen LogP contribution in [0.3, 0.4) is 0 Å². The average molecular weight is 312 g/mol. The van der Waals surface area contributed by atoms with E-state index in [1.807, 2.05) is 47.8 Å². The van der Waals surface area contributed by atoms with Gasteiger partial charge in [-0.1, -0.05) is 30.3 Å². The normalized spacial score (nSPS) is 21.1. The van der Waals surface area contributed by atoms with Crippen LogP contribution in [-0.2, 0) is 0 Å². The Morgan fingerprint density at radius 2 is 2.00 bits per heavy atom. The van der Waals surface area contributed by atoms with Crippen molar-refractivity contribution in [3.63, 3.8) is 0 Å². The zero-order valence-electron chi connectivity index (χ0n) is 13.7. The fourth-order valence-electron chi connectivity index (χ4n) is 3.26. The molecule has 2 N–H and O–H groups in total. The minimum atomic E-state index is 0.00119. The van der Waals surface area contributed by atoms with Crippen LogP contribution in [-0.4, -0.2) is 40.2 Å². The van der Waals surface area contributed by atoms with Crippen LogP contribution >= 0.6 is 0 Å². The molecule has 2 aromatic rings. The molecule has 1 aromatic carbocycles. The van der Waals surface area contributed by atoms with Crippen LogP contribution in [0.5, 0.6) is 0 Å². The number of benzene rings is 1. The van der Waals surface area contributed by atoms with Gasteiger partial charge in [0.05, 0.1) is 0 Å². The second-order valence-corrected chi connectivity index (χ2v) is 6.50. The maximum atomic E-state index is 12.7. The van der Waals surface area contributed by atoms with Crippen molar-refractivity contribution in [3.8, 4) is 0 Å². The molecule has 0 unspecified atom stereocenters. The Morgan fingerprint density at radius 1 is 1.26 bits per heavy atom. The van der Waals surface area contributed by atoms with E-state index in [1.165, 1.54) is 5.56 Å². The number of hydrogen-bond acceptors (Lipinski definition) is 3. The van der Waals surface area contributed by atoms with E-state index in [2.05, 4.69) is 17.2 Å². The van der Waals surface area contributed by atoms with E-state index in [-0.39, 0.29) is 11.9 Å². The topological polar surface area (TPSA) is 64.2 Å². The van der Waals surface area contributed by atoms with Gasteiger partial charge in [0.1, 0.15) is 5.69 Å². The first-order valence-corrected chi connectivity index (χ1v) is 8.19. The van der Waals surface area contributed by atoms with Gasteiger partial charge >= 0.3 is 0 Å². The van der Waals surface area contributed by atoms with Gasteiger partial charge in [-0.25, -0.2) is 0 Å². The molecular weight excluding hydrogens is 288 g/mol. The van der Waals surface area contributed by atoms with E-state index in [4.69, 9.17) is 5.73 Å². The molecule has 23 heavy (non-hydrogen) atoms. The summed E-state index contributed by atoms with van der Waals surface area (Å²) >= 11 is 0. The zero-order chi connectivity index (χ0) is 16.4. The van der Waals surface area contributed by atoms with Crippen LogP contribution in [0.1, 0.15) is 41.9 Å². The lowest BCUT2D eigenvalue weighted by molar-refractivity contribution is 0.0779. The summed E-state index contributed by atoms with van der Waals surface area (Å²) in [5, 5.41) is 4.40. The standard InChI is InChI=1S/C18H24N4O/c1-13(2)22-9-8-17(20-22)18(23)21-11-15(10-19)16(12-21)14-6-4-3-5-7-14/h3-9,13,15-16H,10-12,19H2,1-2H3/t15-,16+/m1/s1. The maximum absolute atomic E-state index is 12.7. The maximum Gasteiger partial charge on any atom is 0.274 e. The molecule has 2 atom stereocenters. The van der Waals surface area contributed by atoms with Crippen LogP contribution < -0.4 is 5.73 Å². The molecule has 2 heterocycles. The molecule has 0 spiro atoms. The van der Waals surface area contributed by atoms with Crippen molar-refractivity contribution < 1.29 is 4.79 Å². The Balaban J connectivity index is 1.77. The molecule has 0 bridgehead atoms. The Labute approximate surface area is 137 Å². The molecule has 1 aromatic heterocycles. The molecule has 3 rings (SSSR count). The number of aromatic nitrogens is 2. The molecule has 0 radical (unpaired) electrons. The van der Waals surface area contributed by atoms with Crippen LogP contribution in [0.4, 0.5) is 0 Å². The van der Waals surface area contributed by atoms with Gasteiger partial charge in [-0.2, -0.15) is 5.10 Å². The molecule has 1 aliphatic heterocycles. The SMILES string of the molecule is CC(C)n1ccc(C(=O)N2C[C@@H](CN)[C@H](c3ccccc3)C2)n1. The highest BCUT2D eigenvalue weighted by atomic mass is 16.2. The average Bonchev–Trinajstić information content (AvgIpc) is 3.22. The fraction of sp³-hybridized carbons (Fsp3) is 0.444. The highest BCUT2D eigenvalue weighted by Gasteiger charge is 2.36. The number of rotatable bonds is 4. The smallest absolute Gasteiger partial charge is 0.274 e. The summed E-state index contributed by atoms with van der Waals surface area (Å²) in [6, 6.07) is 12.4. The highest BCUT2D eigenvalue weighted by Crippen LogP contribution is 2.32. The molecule has 1 fully saturated rings. The van der Waals surface area contributed by atoms with Gasteiger partial charge in [0.2, 0.25) is 0 Å². The number of carbonyl (C=O) groups is 1. The molecule has 5 heteroatoms. The van der Waals surface area contributed by atoms with Gasteiger partial charge in [-0.15, -0.1) is 0 Å². The minimum absolute atomic E-state index is 0.00119. The van der Waals surface area contributed by atoms with Crippen LogP contribution in [0, 0.1) is 5.92 Å². The van der Waals surface area contributed by atoms with Crippen LogP contribution in [0.2, 0.25) is 0 Å². The number of carbonyl (C=O) groups excluding carboxylic acids is 1. The summed E-state index contributed by atoms with van der Waals surface area (Å²) in [6.07, 6.45) is 1.86. The van der Waals surface area contributed by atoms with E-state index >= 15 is 0 Å². The molecule has 122 valence electrons. The Morgan fingerprint density at radius 3 is 2.61 bits per heavy atom. The first kappa shape index (κ1) is 15.7. The third-order valence-electron chi connectivity index (χ3n) is 4.62. The quantitative estimate of drug-likeness (QED) is 0.942. The monoisotopic (exact) mass is 312 g/mol. The third-order valence-corrected chi connectivity index (χ3v) is 4.62. The van der Waals surface area contributed by atoms with Crippen molar-refractivity contribution in [2.75, 3.05) is 19.6 Å². The molecule has 5 nitrogen and oxygen atoms in total. The molecule has 1 aliphatic rings. The molecule has 0 saturated carbocycles. The predicted octanol–water partition coefficient (Wildman–Crippen LogP) is 2.28. The molecule has 1 saturated heterocycles. The number of nitrogens with two attached hydrogens (primary N) is 1. The van der Waals surface area contributed by atoms with Crippen molar-refractivity contribution >= 4 is 5.91 Å². The number of hydrogen-bond donors (Lipinski definition) is 1. The second-order valence-electron chi connectivity index (χ2n) is 6.50. The van der Waals surface area contributed by atoms with E-state index in [1.54, 1.807) is 6.07 Å². The lowest BCUT2D eigenvalue weighted by Crippen LogP contribution is -2.30. The van der Waals surface area contributed by atoms with E-state index in [9.17, 15) is 4.79 Å². The van der Waals surface area contributed by atoms with Crippen molar-refractivity contribution in [3.05, 3.63) is 53.9 Å². The summed E-state index contributed by atoms with van der Waals surface area (Å²) in [4.78, 5) is 14.6. The van der Waals surface area contributed by atoms with E-state index in [0.717, 1.165) is 0 Å². The Hall–Kier alpha value is -2.14. The van der Waals surface area contributed by atoms with Gasteiger partial charge in [0.25, 0.3) is 5.91 Å².